The van der Waals surface area contributed by atoms with E-state index in [0.717, 1.165) is 0 Å². The summed E-state index contributed by atoms with van der Waals surface area (Å²) in [7, 11) is 3.01. The summed E-state index contributed by atoms with van der Waals surface area (Å²) < 4.78 is 44.6. The highest BCUT2D eigenvalue weighted by molar-refractivity contribution is 5.91. The maximum Gasteiger partial charge on any atom is 0.407 e. The van der Waals surface area contributed by atoms with E-state index in [0.29, 0.717) is 33.5 Å². The second-order valence-corrected chi connectivity index (χ2v) is 8.22. The molecular weight excluding hydrogens is 418 g/mol. The van der Waals surface area contributed by atoms with Crippen LogP contribution < -0.4 is 14.8 Å². The van der Waals surface area contributed by atoms with E-state index in [4.69, 9.17) is 14.2 Å². The lowest BCUT2D eigenvalue weighted by atomic mass is 9.99. The van der Waals surface area contributed by atoms with E-state index in [1.54, 1.807) is 39.1 Å². The summed E-state index contributed by atoms with van der Waals surface area (Å²) >= 11 is 0. The number of nitrogens with zero attached hydrogens (tertiary/aromatic N) is 1. The molecule has 0 radical (unpaired) electrons. The van der Waals surface area contributed by atoms with Crippen molar-refractivity contribution in [3.05, 3.63) is 65.0 Å². The molecular formula is C24H26F2N2O4. The molecule has 3 rings (SSSR count). The zero-order valence-corrected chi connectivity index (χ0v) is 18.7. The average molecular weight is 444 g/mol. The molecule has 0 spiro atoms. The minimum Gasteiger partial charge on any atom is -0.493 e. The Hall–Kier alpha value is -3.42. The molecule has 8 heteroatoms. The van der Waals surface area contributed by atoms with Crippen LogP contribution in [0.3, 0.4) is 0 Å². The Balaban J connectivity index is 2.05. The van der Waals surface area contributed by atoms with Crippen molar-refractivity contribution in [3.63, 3.8) is 0 Å². The molecule has 1 N–H and O–H groups in total. The lowest BCUT2D eigenvalue weighted by molar-refractivity contribution is 0.0523. The first kappa shape index (κ1) is 23.2. The van der Waals surface area contributed by atoms with E-state index in [1.165, 1.54) is 32.4 Å². The van der Waals surface area contributed by atoms with Gasteiger partial charge in [-0.15, -0.1) is 0 Å². The minimum atomic E-state index is -0.643. The number of amides is 1. The summed E-state index contributed by atoms with van der Waals surface area (Å²) in [5, 5.41) is 4.05. The molecule has 0 aliphatic carbocycles. The Morgan fingerprint density at radius 2 is 1.62 bits per heavy atom. The van der Waals surface area contributed by atoms with Gasteiger partial charge in [-0.2, -0.15) is 0 Å². The highest BCUT2D eigenvalue weighted by Gasteiger charge is 2.19. The first-order chi connectivity index (χ1) is 15.1. The van der Waals surface area contributed by atoms with Gasteiger partial charge in [0.25, 0.3) is 0 Å². The summed E-state index contributed by atoms with van der Waals surface area (Å²) in [6.45, 7) is 5.47. The van der Waals surface area contributed by atoms with Crippen molar-refractivity contribution in [1.29, 1.82) is 0 Å². The number of carbonyl (C=O) groups excluding carboxylic acids is 1. The maximum absolute atomic E-state index is 14.3. The molecule has 0 saturated carbocycles. The number of pyridine rings is 1. The lowest BCUT2D eigenvalue weighted by Gasteiger charge is -2.20. The summed E-state index contributed by atoms with van der Waals surface area (Å²) in [5.74, 6) is -0.353. The van der Waals surface area contributed by atoms with Crippen LogP contribution in [-0.2, 0) is 17.7 Å². The smallest absolute Gasteiger partial charge is 0.407 e. The molecule has 0 fully saturated rings. The van der Waals surface area contributed by atoms with Gasteiger partial charge in [0, 0.05) is 30.1 Å². The number of methoxy groups -OCH3 is 2. The van der Waals surface area contributed by atoms with Crippen LogP contribution >= 0.6 is 0 Å². The second-order valence-electron chi connectivity index (χ2n) is 8.22. The fraction of sp³-hybridized carbons (Fsp3) is 0.333. The van der Waals surface area contributed by atoms with Gasteiger partial charge in [-0.05, 0) is 56.0 Å². The Labute approximate surface area is 185 Å². The molecule has 0 saturated heterocycles. The fourth-order valence-corrected chi connectivity index (χ4v) is 3.31. The first-order valence-electron chi connectivity index (χ1n) is 10.0. The van der Waals surface area contributed by atoms with Gasteiger partial charge in [0.2, 0.25) is 0 Å². The fourth-order valence-electron chi connectivity index (χ4n) is 3.31. The number of halogens is 2. The third kappa shape index (κ3) is 5.25. The van der Waals surface area contributed by atoms with Crippen molar-refractivity contribution in [2.24, 2.45) is 0 Å². The third-order valence-electron chi connectivity index (χ3n) is 4.78. The number of alkyl carbamates (subject to hydrolysis) is 1. The number of ether oxygens (including phenoxy) is 3. The zero-order chi connectivity index (χ0) is 23.5. The number of carbonyl (C=O) groups is 1. The standard InChI is InChI=1S/C24H26F2N2O4/c1-24(2,3)32-23(29)28-13-14-12-27-20(9-17-18(25)7-6-8-19(17)26)16-11-22(31-5)21(30-4)10-15(14)16/h6-8,10-12H,9,13H2,1-5H3,(H,28,29). The van der Waals surface area contributed by atoms with Crippen LogP contribution in [0.25, 0.3) is 10.8 Å². The number of nitrogens with one attached hydrogen (secondary N) is 1. The van der Waals surface area contributed by atoms with Crippen LogP contribution in [0.4, 0.5) is 13.6 Å². The average Bonchev–Trinajstić information content (AvgIpc) is 2.73. The van der Waals surface area contributed by atoms with Gasteiger partial charge in [0.05, 0.1) is 19.9 Å². The van der Waals surface area contributed by atoms with Gasteiger partial charge in [-0.3, -0.25) is 4.98 Å². The number of benzene rings is 2. The van der Waals surface area contributed by atoms with E-state index in [9.17, 15) is 13.6 Å². The summed E-state index contributed by atoms with van der Waals surface area (Å²) in [6, 6.07) is 7.21. The van der Waals surface area contributed by atoms with E-state index >= 15 is 0 Å². The topological polar surface area (TPSA) is 69.7 Å². The van der Waals surface area contributed by atoms with Gasteiger partial charge < -0.3 is 19.5 Å². The maximum atomic E-state index is 14.3. The lowest BCUT2D eigenvalue weighted by Crippen LogP contribution is -2.32. The van der Waals surface area contributed by atoms with Gasteiger partial charge >= 0.3 is 6.09 Å². The summed E-state index contributed by atoms with van der Waals surface area (Å²) in [6.07, 6.45) is 0.952. The van der Waals surface area contributed by atoms with E-state index in [2.05, 4.69) is 10.3 Å². The Morgan fingerprint density at radius 1 is 1.03 bits per heavy atom. The molecule has 1 heterocycles. The normalized spacial score (nSPS) is 11.3. The minimum absolute atomic E-state index is 0.0513. The van der Waals surface area contributed by atoms with Gasteiger partial charge in [0.15, 0.2) is 11.5 Å². The molecule has 0 aliphatic rings. The molecule has 32 heavy (non-hydrogen) atoms. The van der Waals surface area contributed by atoms with Crippen LogP contribution in [-0.4, -0.2) is 30.9 Å². The number of aromatic nitrogens is 1. The van der Waals surface area contributed by atoms with Crippen LogP contribution in [0.5, 0.6) is 11.5 Å². The predicted molar refractivity (Wildman–Crippen MR) is 117 cm³/mol. The third-order valence-corrected chi connectivity index (χ3v) is 4.78. The van der Waals surface area contributed by atoms with Gasteiger partial charge in [-0.1, -0.05) is 6.07 Å². The highest BCUT2D eigenvalue weighted by Crippen LogP contribution is 2.35. The first-order valence-corrected chi connectivity index (χ1v) is 10.0. The number of hydrogen-bond donors (Lipinski definition) is 1. The van der Waals surface area contributed by atoms with Crippen molar-refractivity contribution < 1.29 is 27.8 Å². The van der Waals surface area contributed by atoms with Crippen LogP contribution in [0.15, 0.2) is 36.5 Å². The molecule has 6 nitrogen and oxygen atoms in total. The number of rotatable bonds is 6. The Kier molecular flexibility index (Phi) is 6.81. The molecule has 2 aromatic carbocycles. The quantitative estimate of drug-likeness (QED) is 0.570. The summed E-state index contributed by atoms with van der Waals surface area (Å²) in [5.41, 5.74) is 0.445. The Bertz CT molecular complexity index is 1120. The highest BCUT2D eigenvalue weighted by atomic mass is 19.1. The largest absolute Gasteiger partial charge is 0.493 e. The van der Waals surface area contributed by atoms with Crippen molar-refractivity contribution in [1.82, 2.24) is 10.3 Å². The monoisotopic (exact) mass is 444 g/mol. The SMILES string of the molecule is COc1cc2c(CNC(=O)OC(C)(C)C)cnc(Cc3c(F)cccc3F)c2cc1OC. The molecule has 170 valence electrons. The van der Waals surface area contributed by atoms with Crippen LogP contribution in [0.2, 0.25) is 0 Å². The van der Waals surface area contributed by atoms with Crippen molar-refractivity contribution in [2.45, 2.75) is 39.3 Å². The predicted octanol–water partition coefficient (Wildman–Crippen LogP) is 5.15. The second kappa shape index (κ2) is 9.38. The van der Waals surface area contributed by atoms with Gasteiger partial charge in [0.1, 0.15) is 17.2 Å². The molecule has 0 atom stereocenters. The Morgan fingerprint density at radius 3 is 2.19 bits per heavy atom. The van der Waals surface area contributed by atoms with Gasteiger partial charge in [-0.25, -0.2) is 13.6 Å². The van der Waals surface area contributed by atoms with E-state index in [-0.39, 0.29) is 18.5 Å². The molecule has 0 unspecified atom stereocenters. The number of hydrogen-bond acceptors (Lipinski definition) is 5. The molecule has 0 aliphatic heterocycles. The van der Waals surface area contributed by atoms with Crippen LogP contribution in [0, 0.1) is 11.6 Å². The van der Waals surface area contributed by atoms with Crippen LogP contribution in [0.1, 0.15) is 37.6 Å². The molecule has 1 amide bonds. The molecule has 1 aromatic heterocycles. The summed E-state index contributed by atoms with van der Waals surface area (Å²) in [4.78, 5) is 16.5. The molecule has 0 bridgehead atoms. The molecule has 3 aromatic rings. The van der Waals surface area contributed by atoms with E-state index < -0.39 is 23.3 Å². The van der Waals surface area contributed by atoms with Crippen molar-refractivity contribution in [2.75, 3.05) is 14.2 Å². The van der Waals surface area contributed by atoms with Crippen molar-refractivity contribution in [3.8, 4) is 11.5 Å². The van der Waals surface area contributed by atoms with Crippen molar-refractivity contribution >= 4 is 16.9 Å². The number of fused-ring (bicyclic) bond motifs is 1. The zero-order valence-electron chi connectivity index (χ0n) is 18.7. The van der Waals surface area contributed by atoms with E-state index in [1.807, 2.05) is 0 Å².